The number of halogens is 3. The van der Waals surface area contributed by atoms with Gasteiger partial charge < -0.3 is 5.32 Å². The summed E-state index contributed by atoms with van der Waals surface area (Å²) in [5.74, 6) is 0.578. The van der Waals surface area contributed by atoms with Gasteiger partial charge >= 0.3 is 6.18 Å². The van der Waals surface area contributed by atoms with Crippen molar-refractivity contribution in [1.82, 2.24) is 5.32 Å². The molecule has 1 nitrogen and oxygen atoms in total. The smallest absolute Gasteiger partial charge is 0.310 e. The first-order valence-electron chi connectivity index (χ1n) is 6.18. The van der Waals surface area contributed by atoms with Crippen molar-refractivity contribution in [3.8, 4) is 0 Å². The highest BCUT2D eigenvalue weighted by molar-refractivity contribution is 5.25. The summed E-state index contributed by atoms with van der Waals surface area (Å²) in [7, 11) is 0. The third-order valence-electron chi connectivity index (χ3n) is 2.73. The first kappa shape index (κ1) is 15.0. The number of hydrogen-bond acceptors (Lipinski definition) is 1. The lowest BCUT2D eigenvalue weighted by molar-refractivity contribution is -0.137. The molecule has 1 rings (SSSR count). The van der Waals surface area contributed by atoms with Crippen LogP contribution < -0.4 is 5.32 Å². The molecule has 0 fully saturated rings. The lowest BCUT2D eigenvalue weighted by Crippen LogP contribution is -2.26. The van der Waals surface area contributed by atoms with Crippen molar-refractivity contribution in [2.24, 2.45) is 5.92 Å². The Morgan fingerprint density at radius 3 is 2.39 bits per heavy atom. The van der Waals surface area contributed by atoms with Crippen molar-refractivity contribution in [3.05, 3.63) is 35.4 Å². The maximum atomic E-state index is 12.5. The van der Waals surface area contributed by atoms with Crippen molar-refractivity contribution in [1.29, 1.82) is 0 Å². The Kier molecular flexibility index (Phi) is 5.20. The molecular formula is C14H20F3N. The number of alkyl halides is 3. The Balaban J connectivity index is 2.58. The van der Waals surface area contributed by atoms with Gasteiger partial charge in [0.1, 0.15) is 0 Å². The SMILES string of the molecule is CC(C)CC(C)NCc1cccc(C(F)(F)F)c1. The number of nitrogens with one attached hydrogen (secondary N) is 1. The Morgan fingerprint density at radius 2 is 1.83 bits per heavy atom. The largest absolute Gasteiger partial charge is 0.416 e. The molecule has 1 N–H and O–H groups in total. The maximum absolute atomic E-state index is 12.5. The van der Waals surface area contributed by atoms with E-state index in [4.69, 9.17) is 0 Å². The van der Waals surface area contributed by atoms with Gasteiger partial charge in [0.25, 0.3) is 0 Å². The molecule has 102 valence electrons. The summed E-state index contributed by atoms with van der Waals surface area (Å²) in [6.45, 7) is 6.77. The van der Waals surface area contributed by atoms with Gasteiger partial charge in [-0.2, -0.15) is 13.2 Å². The second kappa shape index (κ2) is 6.23. The van der Waals surface area contributed by atoms with Crippen LogP contribution in [0.5, 0.6) is 0 Å². The van der Waals surface area contributed by atoms with Crippen LogP contribution >= 0.6 is 0 Å². The third kappa shape index (κ3) is 5.08. The molecule has 1 aromatic carbocycles. The number of hydrogen-bond donors (Lipinski definition) is 1. The molecule has 1 atom stereocenters. The zero-order valence-electron chi connectivity index (χ0n) is 11.0. The summed E-state index contributed by atoms with van der Waals surface area (Å²) in [6, 6.07) is 5.77. The molecule has 0 aliphatic rings. The minimum atomic E-state index is -4.26. The summed E-state index contributed by atoms with van der Waals surface area (Å²) in [4.78, 5) is 0. The molecule has 1 unspecified atom stereocenters. The molecule has 18 heavy (non-hydrogen) atoms. The zero-order valence-corrected chi connectivity index (χ0v) is 11.0. The van der Waals surface area contributed by atoms with Crippen molar-refractivity contribution in [2.75, 3.05) is 0 Å². The third-order valence-corrected chi connectivity index (χ3v) is 2.73. The van der Waals surface area contributed by atoms with Gasteiger partial charge in [0.05, 0.1) is 5.56 Å². The zero-order chi connectivity index (χ0) is 13.8. The summed E-state index contributed by atoms with van der Waals surface area (Å²) >= 11 is 0. The minimum Gasteiger partial charge on any atom is -0.310 e. The van der Waals surface area contributed by atoms with Gasteiger partial charge in [0.15, 0.2) is 0 Å². The van der Waals surface area contributed by atoms with E-state index in [0.29, 0.717) is 24.1 Å². The van der Waals surface area contributed by atoms with Crippen LogP contribution in [-0.4, -0.2) is 6.04 Å². The van der Waals surface area contributed by atoms with E-state index in [2.05, 4.69) is 19.2 Å². The fourth-order valence-electron chi connectivity index (χ4n) is 1.94. The molecule has 4 heteroatoms. The van der Waals surface area contributed by atoms with Gasteiger partial charge in [-0.3, -0.25) is 0 Å². The summed E-state index contributed by atoms with van der Waals surface area (Å²) in [5, 5.41) is 3.24. The van der Waals surface area contributed by atoms with E-state index in [1.165, 1.54) is 12.1 Å². The molecule has 0 saturated heterocycles. The fraction of sp³-hybridized carbons (Fsp3) is 0.571. The van der Waals surface area contributed by atoms with Gasteiger partial charge in [0, 0.05) is 12.6 Å². The highest BCUT2D eigenvalue weighted by Crippen LogP contribution is 2.29. The van der Waals surface area contributed by atoms with Crippen molar-refractivity contribution in [3.63, 3.8) is 0 Å². The van der Waals surface area contributed by atoms with Crippen LogP contribution in [-0.2, 0) is 12.7 Å². The first-order chi connectivity index (χ1) is 8.29. The predicted octanol–water partition coefficient (Wildman–Crippen LogP) is 4.23. The van der Waals surface area contributed by atoms with E-state index in [0.717, 1.165) is 12.5 Å². The highest BCUT2D eigenvalue weighted by atomic mass is 19.4. The van der Waals surface area contributed by atoms with Crippen LogP contribution in [0.25, 0.3) is 0 Å². The van der Waals surface area contributed by atoms with Crippen LogP contribution in [0.2, 0.25) is 0 Å². The molecule has 0 amide bonds. The molecule has 0 aliphatic heterocycles. The quantitative estimate of drug-likeness (QED) is 0.834. The van der Waals surface area contributed by atoms with Crippen LogP contribution in [0.15, 0.2) is 24.3 Å². The maximum Gasteiger partial charge on any atom is 0.416 e. The van der Waals surface area contributed by atoms with Gasteiger partial charge in [-0.1, -0.05) is 32.0 Å². The molecule has 0 saturated carbocycles. The number of benzene rings is 1. The second-order valence-electron chi connectivity index (χ2n) is 5.11. The molecule has 0 radical (unpaired) electrons. The molecular weight excluding hydrogens is 239 g/mol. The first-order valence-corrected chi connectivity index (χ1v) is 6.18. The summed E-state index contributed by atoms with van der Waals surface area (Å²) < 4.78 is 37.6. The van der Waals surface area contributed by atoms with E-state index < -0.39 is 11.7 Å². The van der Waals surface area contributed by atoms with E-state index in [-0.39, 0.29) is 0 Å². The van der Waals surface area contributed by atoms with Gasteiger partial charge in [0.2, 0.25) is 0 Å². The van der Waals surface area contributed by atoms with Crippen LogP contribution in [0.3, 0.4) is 0 Å². The average Bonchev–Trinajstić information content (AvgIpc) is 2.25. The van der Waals surface area contributed by atoms with E-state index in [9.17, 15) is 13.2 Å². The fourth-order valence-corrected chi connectivity index (χ4v) is 1.94. The lowest BCUT2D eigenvalue weighted by atomic mass is 10.0. The van der Waals surface area contributed by atoms with Crippen molar-refractivity contribution in [2.45, 2.75) is 46.0 Å². The van der Waals surface area contributed by atoms with Crippen LogP contribution in [0, 0.1) is 5.92 Å². The monoisotopic (exact) mass is 259 g/mol. The number of rotatable bonds is 5. The Morgan fingerprint density at radius 1 is 1.17 bits per heavy atom. The molecule has 0 aliphatic carbocycles. The Labute approximate surface area is 106 Å². The molecule has 0 heterocycles. The molecule has 1 aromatic rings. The predicted molar refractivity (Wildman–Crippen MR) is 67.2 cm³/mol. The van der Waals surface area contributed by atoms with Gasteiger partial charge in [-0.05, 0) is 30.9 Å². The Bertz CT molecular complexity index is 372. The van der Waals surface area contributed by atoms with E-state index in [1.807, 2.05) is 6.92 Å². The van der Waals surface area contributed by atoms with Crippen LogP contribution in [0.1, 0.15) is 38.3 Å². The van der Waals surface area contributed by atoms with Crippen molar-refractivity contribution < 1.29 is 13.2 Å². The second-order valence-corrected chi connectivity index (χ2v) is 5.11. The lowest BCUT2D eigenvalue weighted by Gasteiger charge is -2.16. The topological polar surface area (TPSA) is 12.0 Å². The molecule has 0 spiro atoms. The molecule has 0 aromatic heterocycles. The Hall–Kier alpha value is -1.03. The van der Waals surface area contributed by atoms with E-state index in [1.54, 1.807) is 6.07 Å². The van der Waals surface area contributed by atoms with E-state index >= 15 is 0 Å². The van der Waals surface area contributed by atoms with Gasteiger partial charge in [-0.25, -0.2) is 0 Å². The van der Waals surface area contributed by atoms with Gasteiger partial charge in [-0.15, -0.1) is 0 Å². The average molecular weight is 259 g/mol. The van der Waals surface area contributed by atoms with Crippen LogP contribution in [0.4, 0.5) is 13.2 Å². The summed E-state index contributed by atoms with van der Waals surface area (Å²) in [5.41, 5.74) is 0.0822. The normalized spacial score (nSPS) is 13.9. The van der Waals surface area contributed by atoms with Crippen molar-refractivity contribution >= 4 is 0 Å². The highest BCUT2D eigenvalue weighted by Gasteiger charge is 2.30. The summed E-state index contributed by atoms with van der Waals surface area (Å²) in [6.07, 6.45) is -3.25. The molecule has 0 bridgehead atoms. The standard InChI is InChI=1S/C14H20F3N/c1-10(2)7-11(3)18-9-12-5-4-6-13(8-12)14(15,16)17/h4-6,8,10-11,18H,7,9H2,1-3H3. The minimum absolute atomic E-state index is 0.305.